The average molecular weight is 284 g/mol. The first-order valence-corrected chi connectivity index (χ1v) is 6.89. The Kier molecular flexibility index (Phi) is 4.38. The lowest BCUT2D eigenvalue weighted by molar-refractivity contribution is -0.123. The van der Waals surface area contributed by atoms with E-state index in [1.807, 2.05) is 51.1 Å². The van der Waals surface area contributed by atoms with Crippen LogP contribution < -0.4 is 5.32 Å². The van der Waals surface area contributed by atoms with Crippen LogP contribution in [0.1, 0.15) is 26.3 Å². The van der Waals surface area contributed by atoms with Crippen molar-refractivity contribution < 1.29 is 9.90 Å². The minimum atomic E-state index is -0.497. The molecule has 4 heteroatoms. The third kappa shape index (κ3) is 3.47. The zero-order valence-electron chi connectivity index (χ0n) is 12.6. The standard InChI is InChI=1S/C17H20N2O2/c1-17(2,3)16(21)19-14-9-10-18-15(13(14)11-20)12-7-5-4-6-8-12/h4-10,20H,11H2,1-3H3,(H,18,19,21). The first-order chi connectivity index (χ1) is 9.93. The summed E-state index contributed by atoms with van der Waals surface area (Å²) in [6.45, 7) is 5.36. The number of benzene rings is 1. The average Bonchev–Trinajstić information content (AvgIpc) is 2.47. The van der Waals surface area contributed by atoms with Crippen LogP contribution in [0.15, 0.2) is 42.6 Å². The van der Waals surface area contributed by atoms with Gasteiger partial charge in [0, 0.05) is 28.4 Å². The third-order valence-electron chi connectivity index (χ3n) is 3.19. The van der Waals surface area contributed by atoms with Crippen molar-refractivity contribution in [3.8, 4) is 11.3 Å². The molecular weight excluding hydrogens is 264 g/mol. The Hall–Kier alpha value is -2.20. The largest absolute Gasteiger partial charge is 0.392 e. The number of pyridine rings is 1. The van der Waals surface area contributed by atoms with Crippen molar-refractivity contribution in [1.82, 2.24) is 4.98 Å². The zero-order chi connectivity index (χ0) is 15.5. The highest BCUT2D eigenvalue weighted by Gasteiger charge is 2.22. The highest BCUT2D eigenvalue weighted by molar-refractivity contribution is 5.95. The topological polar surface area (TPSA) is 62.2 Å². The molecule has 0 unspecified atom stereocenters. The molecule has 2 N–H and O–H groups in total. The van der Waals surface area contributed by atoms with Crippen molar-refractivity contribution in [2.75, 3.05) is 5.32 Å². The van der Waals surface area contributed by atoms with Crippen LogP contribution in [-0.2, 0) is 11.4 Å². The van der Waals surface area contributed by atoms with Gasteiger partial charge in [-0.1, -0.05) is 51.1 Å². The van der Waals surface area contributed by atoms with Gasteiger partial charge < -0.3 is 10.4 Å². The Morgan fingerprint density at radius 3 is 2.43 bits per heavy atom. The monoisotopic (exact) mass is 284 g/mol. The van der Waals surface area contributed by atoms with Gasteiger partial charge in [0.2, 0.25) is 5.91 Å². The summed E-state index contributed by atoms with van der Waals surface area (Å²) in [7, 11) is 0. The van der Waals surface area contributed by atoms with Crippen molar-refractivity contribution in [3.05, 3.63) is 48.2 Å². The van der Waals surface area contributed by atoms with Crippen LogP contribution in [0.5, 0.6) is 0 Å². The van der Waals surface area contributed by atoms with Gasteiger partial charge in [-0.2, -0.15) is 0 Å². The first-order valence-electron chi connectivity index (χ1n) is 6.89. The highest BCUT2D eigenvalue weighted by atomic mass is 16.3. The summed E-state index contributed by atoms with van der Waals surface area (Å²) in [5, 5.41) is 12.6. The van der Waals surface area contributed by atoms with Crippen LogP contribution in [0, 0.1) is 5.41 Å². The van der Waals surface area contributed by atoms with E-state index in [1.165, 1.54) is 0 Å². The second kappa shape index (κ2) is 6.06. The first kappa shape index (κ1) is 15.2. The lowest BCUT2D eigenvalue weighted by atomic mass is 9.95. The quantitative estimate of drug-likeness (QED) is 0.909. The predicted octanol–water partition coefficient (Wildman–Crippen LogP) is 3.23. The Bertz CT molecular complexity index is 631. The number of aromatic nitrogens is 1. The highest BCUT2D eigenvalue weighted by Crippen LogP contribution is 2.28. The SMILES string of the molecule is CC(C)(C)C(=O)Nc1ccnc(-c2ccccc2)c1CO. The number of amides is 1. The zero-order valence-corrected chi connectivity index (χ0v) is 12.6. The molecule has 21 heavy (non-hydrogen) atoms. The molecule has 0 aliphatic rings. The smallest absolute Gasteiger partial charge is 0.229 e. The van der Waals surface area contributed by atoms with Gasteiger partial charge in [0.15, 0.2) is 0 Å². The van der Waals surface area contributed by atoms with Gasteiger partial charge in [-0.3, -0.25) is 9.78 Å². The molecular formula is C17H20N2O2. The molecule has 0 saturated heterocycles. The van der Waals surface area contributed by atoms with Crippen molar-refractivity contribution in [1.29, 1.82) is 0 Å². The Balaban J connectivity index is 2.43. The van der Waals surface area contributed by atoms with Crippen molar-refractivity contribution in [2.24, 2.45) is 5.41 Å². The number of anilines is 1. The molecule has 0 saturated carbocycles. The van der Waals surface area contributed by atoms with E-state index in [1.54, 1.807) is 12.3 Å². The van der Waals surface area contributed by atoms with Crippen LogP contribution >= 0.6 is 0 Å². The number of carbonyl (C=O) groups is 1. The number of carbonyl (C=O) groups excluding carboxylic acids is 1. The van der Waals surface area contributed by atoms with E-state index in [2.05, 4.69) is 10.3 Å². The molecule has 4 nitrogen and oxygen atoms in total. The molecule has 1 aromatic carbocycles. The maximum atomic E-state index is 12.1. The number of rotatable bonds is 3. The summed E-state index contributed by atoms with van der Waals surface area (Å²) >= 11 is 0. The van der Waals surface area contributed by atoms with Crippen molar-refractivity contribution >= 4 is 11.6 Å². The fourth-order valence-electron chi connectivity index (χ4n) is 1.92. The van der Waals surface area contributed by atoms with Crippen molar-refractivity contribution in [2.45, 2.75) is 27.4 Å². The summed E-state index contributed by atoms with van der Waals surface area (Å²) in [5.74, 6) is -0.0950. The maximum Gasteiger partial charge on any atom is 0.229 e. The van der Waals surface area contributed by atoms with E-state index in [9.17, 15) is 9.90 Å². The van der Waals surface area contributed by atoms with Crippen molar-refractivity contribution in [3.63, 3.8) is 0 Å². The summed E-state index contributed by atoms with van der Waals surface area (Å²) in [4.78, 5) is 16.5. The van der Waals surface area contributed by atoms with Crippen LogP contribution in [-0.4, -0.2) is 16.0 Å². The van der Waals surface area contributed by atoms with E-state index in [-0.39, 0.29) is 12.5 Å². The van der Waals surface area contributed by atoms with E-state index in [0.717, 1.165) is 5.56 Å². The van der Waals surface area contributed by atoms with Crippen LogP contribution in [0.4, 0.5) is 5.69 Å². The molecule has 0 fully saturated rings. The molecule has 1 amide bonds. The number of aliphatic hydroxyl groups excluding tert-OH is 1. The molecule has 0 atom stereocenters. The Labute approximate surface area is 124 Å². The van der Waals surface area contributed by atoms with E-state index < -0.39 is 5.41 Å². The van der Waals surface area contributed by atoms with Crippen LogP contribution in [0.3, 0.4) is 0 Å². The minimum absolute atomic E-state index is 0.0950. The molecule has 1 aromatic heterocycles. The fraction of sp³-hybridized carbons (Fsp3) is 0.294. The van der Waals surface area contributed by atoms with Crippen LogP contribution in [0.2, 0.25) is 0 Å². The normalized spacial score (nSPS) is 11.2. The van der Waals surface area contributed by atoms with Gasteiger partial charge in [-0.15, -0.1) is 0 Å². The number of nitrogens with zero attached hydrogens (tertiary/aromatic N) is 1. The van der Waals surface area contributed by atoms with E-state index in [0.29, 0.717) is 16.9 Å². The summed E-state index contributed by atoms with van der Waals surface area (Å²) in [5.41, 5.74) is 2.33. The van der Waals surface area contributed by atoms with Crippen LogP contribution in [0.25, 0.3) is 11.3 Å². The maximum absolute atomic E-state index is 12.1. The van der Waals surface area contributed by atoms with Gasteiger partial charge in [-0.05, 0) is 6.07 Å². The fourth-order valence-corrected chi connectivity index (χ4v) is 1.92. The second-order valence-corrected chi connectivity index (χ2v) is 5.91. The third-order valence-corrected chi connectivity index (χ3v) is 3.19. The van der Waals surface area contributed by atoms with E-state index >= 15 is 0 Å². The number of aliphatic hydroxyl groups is 1. The van der Waals surface area contributed by atoms with Gasteiger partial charge in [0.1, 0.15) is 0 Å². The molecule has 0 bridgehead atoms. The molecule has 0 radical (unpaired) electrons. The molecule has 2 rings (SSSR count). The predicted molar refractivity (Wildman–Crippen MR) is 83.7 cm³/mol. The lowest BCUT2D eigenvalue weighted by Crippen LogP contribution is -2.28. The van der Waals surface area contributed by atoms with E-state index in [4.69, 9.17) is 0 Å². The molecule has 0 aliphatic carbocycles. The Morgan fingerprint density at radius 2 is 1.86 bits per heavy atom. The van der Waals surface area contributed by atoms with Gasteiger partial charge >= 0.3 is 0 Å². The number of nitrogens with one attached hydrogen (secondary N) is 1. The number of hydrogen-bond donors (Lipinski definition) is 2. The summed E-state index contributed by atoms with van der Waals surface area (Å²) in [6.07, 6.45) is 1.64. The summed E-state index contributed by atoms with van der Waals surface area (Å²) in [6, 6.07) is 11.3. The molecule has 110 valence electrons. The Morgan fingerprint density at radius 1 is 1.19 bits per heavy atom. The molecule has 0 aliphatic heterocycles. The van der Waals surface area contributed by atoms with Gasteiger partial charge in [-0.25, -0.2) is 0 Å². The second-order valence-electron chi connectivity index (χ2n) is 5.91. The molecule has 1 heterocycles. The summed E-state index contributed by atoms with van der Waals surface area (Å²) < 4.78 is 0. The van der Waals surface area contributed by atoms with Gasteiger partial charge in [0.25, 0.3) is 0 Å². The van der Waals surface area contributed by atoms with Gasteiger partial charge in [0.05, 0.1) is 12.3 Å². The minimum Gasteiger partial charge on any atom is -0.392 e. The molecule has 0 spiro atoms. The molecule has 2 aromatic rings. The lowest BCUT2D eigenvalue weighted by Gasteiger charge is -2.20. The number of hydrogen-bond acceptors (Lipinski definition) is 3.